The summed E-state index contributed by atoms with van der Waals surface area (Å²) in [5, 5.41) is 7.07. The highest BCUT2D eigenvalue weighted by molar-refractivity contribution is 6.02. The van der Waals surface area contributed by atoms with Crippen LogP contribution in [0.5, 0.6) is 0 Å². The van der Waals surface area contributed by atoms with Crippen molar-refractivity contribution in [3.8, 4) is 0 Å². The van der Waals surface area contributed by atoms with E-state index in [0.717, 1.165) is 22.8 Å². The lowest BCUT2D eigenvalue weighted by Crippen LogP contribution is -2.09. The standard InChI is InChI=1S/C14H17N3O2/c1-9-5-6-12(19-9)7-8-13(18)15-14-10(2)16-17(4)11(14)3/h5-8H,1-4H3,(H,15,18). The topological polar surface area (TPSA) is 60.1 Å². The van der Waals surface area contributed by atoms with E-state index in [1.165, 1.54) is 6.08 Å². The third kappa shape index (κ3) is 2.93. The van der Waals surface area contributed by atoms with Crippen molar-refractivity contribution in [2.75, 3.05) is 5.32 Å². The molecule has 0 saturated carbocycles. The average Bonchev–Trinajstić information content (AvgIpc) is 2.86. The van der Waals surface area contributed by atoms with Crippen molar-refractivity contribution in [2.24, 2.45) is 7.05 Å². The molecule has 2 rings (SSSR count). The molecule has 0 saturated heterocycles. The van der Waals surface area contributed by atoms with E-state index in [1.807, 2.05) is 40.0 Å². The van der Waals surface area contributed by atoms with Crippen LogP contribution in [0, 0.1) is 20.8 Å². The first-order valence-electron chi connectivity index (χ1n) is 6.03. The van der Waals surface area contributed by atoms with Gasteiger partial charge in [-0.05, 0) is 39.0 Å². The van der Waals surface area contributed by atoms with Gasteiger partial charge in [-0.2, -0.15) is 5.10 Å². The number of hydrogen-bond donors (Lipinski definition) is 1. The Kier molecular flexibility index (Phi) is 3.55. The number of rotatable bonds is 3. The van der Waals surface area contributed by atoms with E-state index < -0.39 is 0 Å². The molecule has 0 aliphatic carbocycles. The molecular weight excluding hydrogens is 242 g/mol. The first kappa shape index (κ1) is 13.1. The van der Waals surface area contributed by atoms with Gasteiger partial charge in [-0.15, -0.1) is 0 Å². The van der Waals surface area contributed by atoms with Gasteiger partial charge in [-0.3, -0.25) is 9.48 Å². The summed E-state index contributed by atoms with van der Waals surface area (Å²) in [5.74, 6) is 1.28. The van der Waals surface area contributed by atoms with Gasteiger partial charge in [0.15, 0.2) is 0 Å². The Morgan fingerprint density at radius 3 is 2.63 bits per heavy atom. The van der Waals surface area contributed by atoms with Gasteiger partial charge < -0.3 is 9.73 Å². The molecule has 0 aliphatic heterocycles. The van der Waals surface area contributed by atoms with Crippen molar-refractivity contribution in [1.82, 2.24) is 9.78 Å². The highest BCUT2D eigenvalue weighted by Crippen LogP contribution is 2.18. The van der Waals surface area contributed by atoms with Crippen LogP contribution in [0.2, 0.25) is 0 Å². The summed E-state index contributed by atoms with van der Waals surface area (Å²) < 4.78 is 7.09. The first-order valence-corrected chi connectivity index (χ1v) is 6.03. The maximum Gasteiger partial charge on any atom is 0.248 e. The van der Waals surface area contributed by atoms with E-state index >= 15 is 0 Å². The molecule has 5 nitrogen and oxygen atoms in total. The number of carbonyl (C=O) groups is 1. The molecule has 0 bridgehead atoms. The number of aromatic nitrogens is 2. The van der Waals surface area contributed by atoms with Gasteiger partial charge in [0.2, 0.25) is 5.91 Å². The predicted molar refractivity (Wildman–Crippen MR) is 73.8 cm³/mol. The fourth-order valence-electron chi connectivity index (χ4n) is 1.82. The Bertz CT molecular complexity index is 635. The minimum atomic E-state index is -0.201. The second kappa shape index (κ2) is 5.14. The lowest BCUT2D eigenvalue weighted by molar-refractivity contribution is -0.111. The number of hydrogen-bond acceptors (Lipinski definition) is 3. The highest BCUT2D eigenvalue weighted by Gasteiger charge is 2.10. The lowest BCUT2D eigenvalue weighted by Gasteiger charge is -2.01. The van der Waals surface area contributed by atoms with E-state index in [1.54, 1.807) is 10.8 Å². The SMILES string of the molecule is Cc1ccc(C=CC(=O)Nc2c(C)nn(C)c2C)o1. The zero-order valence-corrected chi connectivity index (χ0v) is 11.5. The molecule has 0 radical (unpaired) electrons. The molecule has 2 aromatic rings. The minimum absolute atomic E-state index is 0.201. The van der Waals surface area contributed by atoms with Crippen molar-refractivity contribution in [1.29, 1.82) is 0 Å². The second-order valence-electron chi connectivity index (χ2n) is 4.44. The molecule has 2 aromatic heterocycles. The number of amides is 1. The third-order valence-corrected chi connectivity index (χ3v) is 2.92. The van der Waals surface area contributed by atoms with Gasteiger partial charge >= 0.3 is 0 Å². The van der Waals surface area contributed by atoms with Crippen LogP contribution in [0.15, 0.2) is 22.6 Å². The van der Waals surface area contributed by atoms with Crippen molar-refractivity contribution < 1.29 is 9.21 Å². The van der Waals surface area contributed by atoms with Crippen LogP contribution in [-0.2, 0) is 11.8 Å². The van der Waals surface area contributed by atoms with E-state index in [2.05, 4.69) is 10.4 Å². The number of anilines is 1. The molecule has 1 amide bonds. The minimum Gasteiger partial charge on any atom is -0.462 e. The summed E-state index contributed by atoms with van der Waals surface area (Å²) >= 11 is 0. The smallest absolute Gasteiger partial charge is 0.248 e. The Balaban J connectivity index is 2.07. The maximum absolute atomic E-state index is 11.8. The molecule has 0 aromatic carbocycles. The monoisotopic (exact) mass is 259 g/mol. The summed E-state index contributed by atoms with van der Waals surface area (Å²) in [7, 11) is 1.85. The van der Waals surface area contributed by atoms with Gasteiger partial charge in [-0.25, -0.2) is 0 Å². The zero-order valence-electron chi connectivity index (χ0n) is 11.5. The summed E-state index contributed by atoms with van der Waals surface area (Å²) in [6.45, 7) is 5.64. The van der Waals surface area contributed by atoms with Crippen LogP contribution in [0.3, 0.4) is 0 Å². The molecule has 19 heavy (non-hydrogen) atoms. The third-order valence-electron chi connectivity index (χ3n) is 2.92. The Morgan fingerprint density at radius 1 is 1.37 bits per heavy atom. The average molecular weight is 259 g/mol. The number of nitrogens with zero attached hydrogens (tertiary/aromatic N) is 2. The summed E-state index contributed by atoms with van der Waals surface area (Å²) in [5.41, 5.74) is 2.48. The molecule has 0 aliphatic rings. The van der Waals surface area contributed by atoms with Crippen molar-refractivity contribution >= 4 is 17.7 Å². The number of furan rings is 1. The Morgan fingerprint density at radius 2 is 2.11 bits per heavy atom. The molecule has 0 atom stereocenters. The summed E-state index contributed by atoms with van der Waals surface area (Å²) in [6.07, 6.45) is 3.09. The van der Waals surface area contributed by atoms with E-state index in [9.17, 15) is 4.79 Å². The second-order valence-corrected chi connectivity index (χ2v) is 4.44. The van der Waals surface area contributed by atoms with Gasteiger partial charge in [0.1, 0.15) is 11.5 Å². The van der Waals surface area contributed by atoms with Crippen LogP contribution >= 0.6 is 0 Å². The Labute approximate surface area is 111 Å². The molecule has 1 N–H and O–H groups in total. The molecule has 0 unspecified atom stereocenters. The summed E-state index contributed by atoms with van der Waals surface area (Å²) in [6, 6.07) is 3.67. The van der Waals surface area contributed by atoms with E-state index in [0.29, 0.717) is 5.76 Å². The molecule has 0 spiro atoms. The van der Waals surface area contributed by atoms with Crippen molar-refractivity contribution in [3.05, 3.63) is 41.1 Å². The normalized spacial score (nSPS) is 11.2. The molecule has 100 valence electrons. The van der Waals surface area contributed by atoms with Gasteiger partial charge in [0.25, 0.3) is 0 Å². The number of nitrogens with one attached hydrogen (secondary N) is 1. The fourth-order valence-corrected chi connectivity index (χ4v) is 1.82. The van der Waals surface area contributed by atoms with Crippen LogP contribution in [0.4, 0.5) is 5.69 Å². The fraction of sp³-hybridized carbons (Fsp3) is 0.286. The largest absolute Gasteiger partial charge is 0.462 e. The quantitative estimate of drug-likeness (QED) is 0.862. The molecule has 0 fully saturated rings. The zero-order chi connectivity index (χ0) is 14.0. The number of aryl methyl sites for hydroxylation is 3. The van der Waals surface area contributed by atoms with Crippen LogP contribution in [-0.4, -0.2) is 15.7 Å². The van der Waals surface area contributed by atoms with Gasteiger partial charge in [0, 0.05) is 13.1 Å². The van der Waals surface area contributed by atoms with Crippen LogP contribution < -0.4 is 5.32 Å². The highest BCUT2D eigenvalue weighted by atomic mass is 16.3. The Hall–Kier alpha value is -2.30. The summed E-state index contributed by atoms with van der Waals surface area (Å²) in [4.78, 5) is 11.8. The molecule has 2 heterocycles. The molecular formula is C14H17N3O2. The maximum atomic E-state index is 11.8. The van der Waals surface area contributed by atoms with E-state index in [4.69, 9.17) is 4.42 Å². The van der Waals surface area contributed by atoms with Gasteiger partial charge in [-0.1, -0.05) is 0 Å². The van der Waals surface area contributed by atoms with Crippen molar-refractivity contribution in [3.63, 3.8) is 0 Å². The van der Waals surface area contributed by atoms with Crippen LogP contribution in [0.1, 0.15) is 22.9 Å². The van der Waals surface area contributed by atoms with Gasteiger partial charge in [0.05, 0.1) is 17.1 Å². The first-order chi connectivity index (χ1) is 8.97. The lowest BCUT2D eigenvalue weighted by atomic mass is 10.3. The molecule has 5 heteroatoms. The van der Waals surface area contributed by atoms with E-state index in [-0.39, 0.29) is 5.91 Å². The van der Waals surface area contributed by atoms with Crippen LogP contribution in [0.25, 0.3) is 6.08 Å². The number of carbonyl (C=O) groups excluding carboxylic acids is 1. The predicted octanol–water partition coefficient (Wildman–Crippen LogP) is 2.59. The van der Waals surface area contributed by atoms with Crippen molar-refractivity contribution in [2.45, 2.75) is 20.8 Å².